The number of amides is 1. The van der Waals surface area contributed by atoms with Gasteiger partial charge in [0.25, 0.3) is 5.91 Å². The smallest absolute Gasteiger partial charge is 0.255 e. The summed E-state index contributed by atoms with van der Waals surface area (Å²) in [6, 6.07) is 20.2. The summed E-state index contributed by atoms with van der Waals surface area (Å²) in [4.78, 5) is 13.0. The highest BCUT2D eigenvalue weighted by molar-refractivity contribution is 6.00. The average molecular weight is 397 g/mol. The van der Waals surface area contributed by atoms with Crippen molar-refractivity contribution in [3.05, 3.63) is 78.0 Å². The average Bonchev–Trinajstić information content (AvgIpc) is 3.14. The number of hydrogen-bond donors (Lipinski definition) is 2. The lowest BCUT2D eigenvalue weighted by Gasteiger charge is -2.23. The van der Waals surface area contributed by atoms with Crippen molar-refractivity contribution >= 4 is 18.3 Å². The van der Waals surface area contributed by atoms with Crippen LogP contribution in [0, 0.1) is 0 Å². The number of carbonyl (C=O) groups excluding carboxylic acids is 1. The molecule has 28 heavy (non-hydrogen) atoms. The van der Waals surface area contributed by atoms with E-state index in [9.17, 15) is 4.79 Å². The van der Waals surface area contributed by atoms with Crippen molar-refractivity contribution in [2.75, 3.05) is 13.1 Å². The molecule has 3 aromatic rings. The lowest BCUT2D eigenvalue weighted by atomic mass is 10.1. The zero-order valence-electron chi connectivity index (χ0n) is 15.7. The molecule has 4 rings (SSSR count). The normalized spacial score (nSPS) is 16.2. The van der Waals surface area contributed by atoms with Crippen molar-refractivity contribution in [2.24, 2.45) is 0 Å². The minimum absolute atomic E-state index is 0. The fourth-order valence-electron chi connectivity index (χ4n) is 3.49. The molecule has 0 bridgehead atoms. The predicted octanol–water partition coefficient (Wildman–Crippen LogP) is 3.50. The van der Waals surface area contributed by atoms with E-state index in [-0.39, 0.29) is 24.4 Å². The Morgan fingerprint density at radius 3 is 2.50 bits per heavy atom. The molecule has 0 saturated carbocycles. The summed E-state index contributed by atoms with van der Waals surface area (Å²) in [7, 11) is 0. The molecule has 1 atom stereocenters. The molecule has 1 aliphatic rings. The van der Waals surface area contributed by atoms with Gasteiger partial charge in [0.1, 0.15) is 5.69 Å². The van der Waals surface area contributed by atoms with Crippen molar-refractivity contribution in [1.82, 2.24) is 20.4 Å². The topological polar surface area (TPSA) is 59.0 Å². The van der Waals surface area contributed by atoms with E-state index < -0.39 is 0 Å². The van der Waals surface area contributed by atoms with E-state index >= 15 is 0 Å². The molecule has 6 heteroatoms. The number of carbonyl (C=O) groups is 1. The van der Waals surface area contributed by atoms with E-state index in [4.69, 9.17) is 5.10 Å². The Kier molecular flexibility index (Phi) is 6.85. The van der Waals surface area contributed by atoms with Crippen LogP contribution in [0.15, 0.2) is 66.9 Å². The van der Waals surface area contributed by atoms with Crippen molar-refractivity contribution < 1.29 is 4.79 Å². The van der Waals surface area contributed by atoms with Gasteiger partial charge >= 0.3 is 0 Å². The fraction of sp³-hybridized carbons (Fsp3) is 0.273. The first-order chi connectivity index (χ1) is 13.3. The molecule has 0 radical (unpaired) electrons. The van der Waals surface area contributed by atoms with Gasteiger partial charge in [-0.25, -0.2) is 0 Å². The van der Waals surface area contributed by atoms with Gasteiger partial charge < -0.3 is 10.6 Å². The van der Waals surface area contributed by atoms with E-state index in [1.54, 1.807) is 0 Å². The molecule has 1 saturated heterocycles. The highest BCUT2D eigenvalue weighted by Crippen LogP contribution is 2.22. The van der Waals surface area contributed by atoms with E-state index in [1.807, 2.05) is 59.4 Å². The molecule has 1 aliphatic heterocycles. The van der Waals surface area contributed by atoms with Crippen LogP contribution in [-0.4, -0.2) is 34.8 Å². The van der Waals surface area contributed by atoms with Crippen molar-refractivity contribution in [2.45, 2.75) is 25.4 Å². The summed E-state index contributed by atoms with van der Waals surface area (Å²) >= 11 is 0. The third-order valence-electron chi connectivity index (χ3n) is 4.87. The summed E-state index contributed by atoms with van der Waals surface area (Å²) in [6.07, 6.45) is 3.96. The van der Waals surface area contributed by atoms with Crippen molar-refractivity contribution in [1.29, 1.82) is 0 Å². The second kappa shape index (κ2) is 9.53. The van der Waals surface area contributed by atoms with Gasteiger partial charge in [-0.2, -0.15) is 5.10 Å². The van der Waals surface area contributed by atoms with Gasteiger partial charge in [0.15, 0.2) is 0 Å². The second-order valence-corrected chi connectivity index (χ2v) is 6.96. The van der Waals surface area contributed by atoms with Gasteiger partial charge in [0.2, 0.25) is 0 Å². The maximum atomic E-state index is 13.0. The van der Waals surface area contributed by atoms with Gasteiger partial charge in [-0.3, -0.25) is 9.48 Å². The first kappa shape index (κ1) is 20.1. The van der Waals surface area contributed by atoms with Gasteiger partial charge in [0.05, 0.1) is 12.1 Å². The number of piperidine rings is 1. The molecule has 2 aromatic carbocycles. The molecule has 2 N–H and O–H groups in total. The van der Waals surface area contributed by atoms with Crippen LogP contribution in [0.4, 0.5) is 0 Å². The Morgan fingerprint density at radius 2 is 1.82 bits per heavy atom. The quantitative estimate of drug-likeness (QED) is 0.693. The molecule has 1 fully saturated rings. The Bertz CT molecular complexity index is 889. The number of benzene rings is 2. The van der Waals surface area contributed by atoms with Gasteiger partial charge in [-0.1, -0.05) is 60.7 Å². The van der Waals surface area contributed by atoms with Crippen LogP contribution in [0.1, 0.15) is 28.8 Å². The first-order valence-corrected chi connectivity index (χ1v) is 9.48. The van der Waals surface area contributed by atoms with Crippen LogP contribution in [0.2, 0.25) is 0 Å². The molecule has 1 amide bonds. The molecule has 0 aliphatic carbocycles. The lowest BCUT2D eigenvalue weighted by molar-refractivity contribution is 0.0931. The summed E-state index contributed by atoms with van der Waals surface area (Å²) in [5, 5.41) is 11.2. The third-order valence-corrected chi connectivity index (χ3v) is 4.87. The molecule has 1 aromatic heterocycles. The van der Waals surface area contributed by atoms with Crippen LogP contribution in [-0.2, 0) is 6.54 Å². The molecule has 0 unspecified atom stereocenters. The van der Waals surface area contributed by atoms with Crippen molar-refractivity contribution in [3.63, 3.8) is 0 Å². The van der Waals surface area contributed by atoms with Gasteiger partial charge in [-0.05, 0) is 24.9 Å². The Morgan fingerprint density at radius 1 is 1.11 bits per heavy atom. The molecule has 2 heterocycles. The first-order valence-electron chi connectivity index (χ1n) is 9.48. The largest absolute Gasteiger partial charge is 0.348 e. The summed E-state index contributed by atoms with van der Waals surface area (Å²) in [5.41, 5.74) is 3.47. The number of hydrogen-bond acceptors (Lipinski definition) is 3. The van der Waals surface area contributed by atoms with E-state index in [2.05, 4.69) is 22.8 Å². The lowest BCUT2D eigenvalue weighted by Crippen LogP contribution is -2.45. The minimum atomic E-state index is -0.0538. The Labute approximate surface area is 171 Å². The number of aromatic nitrogens is 2. The molecule has 146 valence electrons. The number of nitrogens with one attached hydrogen (secondary N) is 2. The summed E-state index contributed by atoms with van der Waals surface area (Å²) < 4.78 is 1.85. The molecule has 0 spiro atoms. The van der Waals surface area contributed by atoms with Gasteiger partial charge in [-0.15, -0.1) is 12.4 Å². The molecular formula is C22H25ClN4O. The molecular weight excluding hydrogens is 372 g/mol. The van der Waals surface area contributed by atoms with Crippen LogP contribution >= 0.6 is 12.4 Å². The Balaban J connectivity index is 0.00000225. The number of rotatable bonds is 5. The second-order valence-electron chi connectivity index (χ2n) is 6.96. The van der Waals surface area contributed by atoms with Gasteiger partial charge in [0, 0.05) is 24.3 Å². The highest BCUT2D eigenvalue weighted by Gasteiger charge is 2.21. The fourth-order valence-corrected chi connectivity index (χ4v) is 3.49. The summed E-state index contributed by atoms with van der Waals surface area (Å²) in [6.45, 7) is 2.49. The minimum Gasteiger partial charge on any atom is -0.348 e. The maximum Gasteiger partial charge on any atom is 0.255 e. The predicted molar refractivity (Wildman–Crippen MR) is 114 cm³/mol. The van der Waals surface area contributed by atoms with Crippen LogP contribution < -0.4 is 10.6 Å². The molecule has 5 nitrogen and oxygen atoms in total. The van der Waals surface area contributed by atoms with Crippen LogP contribution in [0.25, 0.3) is 11.3 Å². The zero-order chi connectivity index (χ0) is 18.5. The third kappa shape index (κ3) is 4.80. The van der Waals surface area contributed by atoms with Crippen molar-refractivity contribution in [3.8, 4) is 11.3 Å². The SMILES string of the molecule is Cl.O=C(N[C@H]1CCCNC1)c1cn(Cc2ccccc2)nc1-c1ccccc1. The maximum absolute atomic E-state index is 13.0. The standard InChI is InChI=1S/C22H24N4O.ClH/c27-22(24-19-12-7-13-23-14-19)20-16-26(15-17-8-3-1-4-9-17)25-21(20)18-10-5-2-6-11-18;/h1-6,8-11,16,19,23H,7,12-15H2,(H,24,27);1H/t19-;/m0./s1. The monoisotopic (exact) mass is 396 g/mol. The number of nitrogens with zero attached hydrogens (tertiary/aromatic N) is 2. The van der Waals surface area contributed by atoms with E-state index in [1.165, 1.54) is 0 Å². The summed E-state index contributed by atoms with van der Waals surface area (Å²) in [5.74, 6) is -0.0538. The van der Waals surface area contributed by atoms with Crippen LogP contribution in [0.5, 0.6) is 0 Å². The van der Waals surface area contributed by atoms with E-state index in [0.29, 0.717) is 12.1 Å². The van der Waals surface area contributed by atoms with Crippen LogP contribution in [0.3, 0.4) is 0 Å². The highest BCUT2D eigenvalue weighted by atomic mass is 35.5. The number of halogens is 1. The zero-order valence-corrected chi connectivity index (χ0v) is 16.5. The Hall–Kier alpha value is -2.63. The van der Waals surface area contributed by atoms with E-state index in [0.717, 1.165) is 42.8 Å².